The van der Waals surface area contributed by atoms with Crippen LogP contribution in [0.25, 0.3) is 0 Å². The maximum atomic E-state index is 5.93. The summed E-state index contributed by atoms with van der Waals surface area (Å²) in [6, 6.07) is 6.12. The molecule has 120 valence electrons. The highest BCUT2D eigenvalue weighted by atomic mass is 79.9. The lowest BCUT2D eigenvalue weighted by Gasteiger charge is -2.36. The Kier molecular flexibility index (Phi) is 7.13. The average Bonchev–Trinajstić information content (AvgIpc) is 2.41. The van der Waals surface area contributed by atoms with Crippen molar-refractivity contribution in [2.75, 3.05) is 13.7 Å². The lowest BCUT2D eigenvalue weighted by atomic mass is 9.82. The van der Waals surface area contributed by atoms with Gasteiger partial charge in [0.2, 0.25) is 0 Å². The van der Waals surface area contributed by atoms with E-state index in [-0.39, 0.29) is 17.6 Å². The summed E-state index contributed by atoms with van der Waals surface area (Å²) in [6.07, 6.45) is 0.828. The van der Waals surface area contributed by atoms with E-state index in [1.54, 1.807) is 7.11 Å². The molecule has 0 aliphatic carbocycles. The molecule has 2 unspecified atom stereocenters. The van der Waals surface area contributed by atoms with Crippen LogP contribution >= 0.6 is 15.9 Å². The van der Waals surface area contributed by atoms with Crippen molar-refractivity contribution in [1.82, 2.24) is 5.43 Å². The van der Waals surface area contributed by atoms with Crippen LogP contribution in [-0.4, -0.2) is 25.9 Å². The van der Waals surface area contributed by atoms with Crippen LogP contribution in [0.1, 0.15) is 33.3 Å². The molecule has 0 fully saturated rings. The highest BCUT2D eigenvalue weighted by molar-refractivity contribution is 9.10. The molecular weight excluding hydrogens is 332 g/mol. The van der Waals surface area contributed by atoms with Crippen molar-refractivity contribution < 1.29 is 9.47 Å². The van der Waals surface area contributed by atoms with E-state index < -0.39 is 0 Å². The molecule has 5 heteroatoms. The molecule has 0 saturated carbocycles. The number of hydrogen-bond acceptors (Lipinski definition) is 4. The van der Waals surface area contributed by atoms with E-state index in [9.17, 15) is 0 Å². The second-order valence-corrected chi connectivity index (χ2v) is 7.04. The first-order valence-corrected chi connectivity index (χ1v) is 8.03. The first-order chi connectivity index (χ1) is 9.83. The number of hydrazine groups is 1. The van der Waals surface area contributed by atoms with Crippen LogP contribution in [0.3, 0.4) is 0 Å². The molecule has 0 heterocycles. The quantitative estimate of drug-likeness (QED) is 0.580. The monoisotopic (exact) mass is 358 g/mol. The van der Waals surface area contributed by atoms with E-state index >= 15 is 0 Å². The van der Waals surface area contributed by atoms with Gasteiger partial charge in [-0.25, -0.2) is 0 Å². The van der Waals surface area contributed by atoms with Crippen molar-refractivity contribution in [3.63, 3.8) is 0 Å². The van der Waals surface area contributed by atoms with Gasteiger partial charge in [0.05, 0.1) is 23.7 Å². The molecule has 21 heavy (non-hydrogen) atoms. The smallest absolute Gasteiger partial charge is 0.133 e. The Morgan fingerprint density at radius 1 is 1.33 bits per heavy atom. The summed E-state index contributed by atoms with van der Waals surface area (Å²) < 4.78 is 12.1. The summed E-state index contributed by atoms with van der Waals surface area (Å²) >= 11 is 3.52. The Balaban J connectivity index is 2.92. The maximum absolute atomic E-state index is 5.93. The van der Waals surface area contributed by atoms with Gasteiger partial charge >= 0.3 is 0 Å². The molecule has 0 saturated heterocycles. The highest BCUT2D eigenvalue weighted by Gasteiger charge is 2.32. The molecule has 4 nitrogen and oxygen atoms in total. The van der Waals surface area contributed by atoms with Crippen LogP contribution in [-0.2, 0) is 11.2 Å². The molecule has 0 aliphatic rings. The third-order valence-corrected chi connectivity index (χ3v) is 4.07. The van der Waals surface area contributed by atoms with Crippen molar-refractivity contribution in [2.45, 2.75) is 46.3 Å². The summed E-state index contributed by atoms with van der Waals surface area (Å²) in [5.74, 6) is 6.60. The van der Waals surface area contributed by atoms with Crippen LogP contribution in [0.4, 0.5) is 0 Å². The third kappa shape index (κ3) is 5.25. The molecular formula is C16H27BrN2O2. The topological polar surface area (TPSA) is 56.5 Å². The molecule has 1 aromatic rings. The van der Waals surface area contributed by atoms with Gasteiger partial charge in [0.15, 0.2) is 0 Å². The molecule has 0 radical (unpaired) electrons. The predicted octanol–water partition coefficient (Wildman–Crippen LogP) is 3.28. The fourth-order valence-corrected chi connectivity index (χ4v) is 3.08. The van der Waals surface area contributed by atoms with Gasteiger partial charge in [0.1, 0.15) is 5.75 Å². The number of nitrogens with one attached hydrogen (secondary N) is 1. The largest absolute Gasteiger partial charge is 0.496 e. The molecule has 1 aromatic carbocycles. The Bertz CT molecular complexity index is 446. The van der Waals surface area contributed by atoms with Crippen molar-refractivity contribution in [1.29, 1.82) is 0 Å². The van der Waals surface area contributed by atoms with Gasteiger partial charge < -0.3 is 9.47 Å². The number of methoxy groups -OCH3 is 1. The van der Waals surface area contributed by atoms with Gasteiger partial charge in [-0.05, 0) is 52.4 Å². The maximum Gasteiger partial charge on any atom is 0.133 e. The Morgan fingerprint density at radius 3 is 2.43 bits per heavy atom. The first kappa shape index (κ1) is 18.4. The second kappa shape index (κ2) is 8.13. The first-order valence-electron chi connectivity index (χ1n) is 7.23. The predicted molar refractivity (Wildman–Crippen MR) is 90.4 cm³/mol. The summed E-state index contributed by atoms with van der Waals surface area (Å²) in [5.41, 5.74) is 4.11. The normalized spacial score (nSPS) is 14.8. The fourth-order valence-electron chi connectivity index (χ4n) is 2.49. The van der Waals surface area contributed by atoms with E-state index in [0.29, 0.717) is 6.61 Å². The number of benzene rings is 1. The van der Waals surface area contributed by atoms with Crippen LogP contribution in [0.15, 0.2) is 22.7 Å². The second-order valence-electron chi connectivity index (χ2n) is 6.19. The Labute approximate surface area is 136 Å². The molecule has 2 atom stereocenters. The summed E-state index contributed by atoms with van der Waals surface area (Å²) in [6.45, 7) is 9.19. The van der Waals surface area contributed by atoms with Gasteiger partial charge in [0, 0.05) is 6.61 Å². The summed E-state index contributed by atoms with van der Waals surface area (Å²) in [5, 5.41) is 0. The minimum absolute atomic E-state index is 0.0107. The minimum atomic E-state index is 0.0107. The van der Waals surface area contributed by atoms with E-state index in [2.05, 4.69) is 54.3 Å². The fraction of sp³-hybridized carbons (Fsp3) is 0.625. The van der Waals surface area contributed by atoms with Gasteiger partial charge in [-0.3, -0.25) is 11.3 Å². The molecule has 0 aromatic heterocycles. The number of hydrogen-bond donors (Lipinski definition) is 2. The number of nitrogens with two attached hydrogens (primary N) is 1. The van der Waals surface area contributed by atoms with Crippen LogP contribution in [0, 0.1) is 5.41 Å². The number of halogens is 1. The van der Waals surface area contributed by atoms with E-state index in [1.165, 1.54) is 5.56 Å². The molecule has 0 bridgehead atoms. The minimum Gasteiger partial charge on any atom is -0.496 e. The Hall–Kier alpha value is -0.620. The number of ether oxygens (including phenoxy) is 2. The van der Waals surface area contributed by atoms with Crippen molar-refractivity contribution in [3.8, 4) is 5.75 Å². The zero-order chi connectivity index (χ0) is 16.0. The molecule has 0 spiro atoms. The Morgan fingerprint density at radius 2 is 2.00 bits per heavy atom. The standard InChI is InChI=1S/C16H27BrN2O2/c1-6-21-15(16(2,3)4)13(19-18)10-11-7-8-14(20-5)12(17)9-11/h7-9,13,15,19H,6,10,18H2,1-5H3. The zero-order valence-corrected chi connectivity index (χ0v) is 15.2. The van der Waals surface area contributed by atoms with Crippen LogP contribution in [0.2, 0.25) is 0 Å². The van der Waals surface area contributed by atoms with E-state index in [4.69, 9.17) is 15.3 Å². The molecule has 1 rings (SSSR count). The van der Waals surface area contributed by atoms with Crippen molar-refractivity contribution >= 4 is 15.9 Å². The number of rotatable bonds is 7. The molecule has 3 N–H and O–H groups in total. The van der Waals surface area contributed by atoms with Gasteiger partial charge in [-0.15, -0.1) is 0 Å². The van der Waals surface area contributed by atoms with Crippen LogP contribution in [0.5, 0.6) is 5.75 Å². The summed E-state index contributed by atoms with van der Waals surface area (Å²) in [7, 11) is 1.66. The van der Waals surface area contributed by atoms with Crippen molar-refractivity contribution in [2.24, 2.45) is 11.3 Å². The SMILES string of the molecule is CCOC(C(Cc1ccc(OC)c(Br)c1)NN)C(C)(C)C. The van der Waals surface area contributed by atoms with Gasteiger partial charge in [-0.1, -0.05) is 26.8 Å². The molecule has 0 aliphatic heterocycles. The molecule has 0 amide bonds. The van der Waals surface area contributed by atoms with Crippen LogP contribution < -0.4 is 16.0 Å². The highest BCUT2D eigenvalue weighted by Crippen LogP contribution is 2.29. The van der Waals surface area contributed by atoms with Gasteiger partial charge in [-0.2, -0.15) is 0 Å². The average molecular weight is 359 g/mol. The lowest BCUT2D eigenvalue weighted by molar-refractivity contribution is -0.0356. The third-order valence-electron chi connectivity index (χ3n) is 3.45. The lowest BCUT2D eigenvalue weighted by Crippen LogP contribution is -2.52. The van der Waals surface area contributed by atoms with Gasteiger partial charge in [0.25, 0.3) is 0 Å². The van der Waals surface area contributed by atoms with Crippen molar-refractivity contribution in [3.05, 3.63) is 28.2 Å². The van der Waals surface area contributed by atoms with E-state index in [0.717, 1.165) is 16.6 Å². The van der Waals surface area contributed by atoms with E-state index in [1.807, 2.05) is 13.0 Å². The zero-order valence-electron chi connectivity index (χ0n) is 13.6. The summed E-state index contributed by atoms with van der Waals surface area (Å²) in [4.78, 5) is 0.